The molecule has 6 nitrogen and oxygen atoms in total. The number of fused-ring (bicyclic) bond motifs is 1. The topological polar surface area (TPSA) is 72.9 Å². The first-order chi connectivity index (χ1) is 13.0. The molecule has 6 heteroatoms. The molecular formula is C21H21NO5. The summed E-state index contributed by atoms with van der Waals surface area (Å²) in [7, 11) is 1.57. The summed E-state index contributed by atoms with van der Waals surface area (Å²) in [5.41, 5.74) is 2.67. The number of imide groups is 1. The Labute approximate surface area is 157 Å². The molecule has 0 saturated heterocycles. The van der Waals surface area contributed by atoms with E-state index >= 15 is 0 Å². The smallest absolute Gasteiger partial charge is 0.306 e. The number of ether oxygens (including phenoxy) is 2. The lowest BCUT2D eigenvalue weighted by Crippen LogP contribution is -2.31. The molecule has 27 heavy (non-hydrogen) atoms. The van der Waals surface area contributed by atoms with E-state index < -0.39 is 0 Å². The SMILES string of the molecule is COc1ccc(C)cc1COC(=O)CCCN1C(=O)c2ccccc2C1=O. The molecule has 0 fully saturated rings. The Morgan fingerprint density at radius 1 is 1.04 bits per heavy atom. The van der Waals surface area contributed by atoms with Gasteiger partial charge in [0.1, 0.15) is 12.4 Å². The summed E-state index contributed by atoms with van der Waals surface area (Å²) in [6, 6.07) is 12.4. The highest BCUT2D eigenvalue weighted by atomic mass is 16.5. The molecule has 1 aliphatic heterocycles. The predicted molar refractivity (Wildman–Crippen MR) is 98.6 cm³/mol. The largest absolute Gasteiger partial charge is 0.496 e. The molecule has 0 saturated carbocycles. The molecule has 3 rings (SSSR count). The Morgan fingerprint density at radius 3 is 2.33 bits per heavy atom. The second kappa shape index (κ2) is 8.03. The Morgan fingerprint density at radius 2 is 1.70 bits per heavy atom. The van der Waals surface area contributed by atoms with Crippen LogP contribution in [-0.4, -0.2) is 36.3 Å². The van der Waals surface area contributed by atoms with Gasteiger partial charge in [0.25, 0.3) is 11.8 Å². The zero-order chi connectivity index (χ0) is 19.4. The molecule has 0 N–H and O–H groups in total. The van der Waals surface area contributed by atoms with E-state index in [1.54, 1.807) is 31.4 Å². The summed E-state index contributed by atoms with van der Waals surface area (Å²) in [5, 5.41) is 0. The number of hydrogen-bond acceptors (Lipinski definition) is 5. The lowest BCUT2D eigenvalue weighted by Gasteiger charge is -2.13. The summed E-state index contributed by atoms with van der Waals surface area (Å²) >= 11 is 0. The molecular weight excluding hydrogens is 346 g/mol. The van der Waals surface area contributed by atoms with E-state index in [2.05, 4.69) is 0 Å². The first-order valence-corrected chi connectivity index (χ1v) is 8.75. The van der Waals surface area contributed by atoms with Crippen LogP contribution in [0.5, 0.6) is 5.75 Å². The summed E-state index contributed by atoms with van der Waals surface area (Å²) in [6.07, 6.45) is 0.483. The highest BCUT2D eigenvalue weighted by Gasteiger charge is 2.34. The third-order valence-electron chi connectivity index (χ3n) is 4.47. The van der Waals surface area contributed by atoms with Crippen molar-refractivity contribution < 1.29 is 23.9 Å². The van der Waals surface area contributed by atoms with Crippen LogP contribution < -0.4 is 4.74 Å². The Kier molecular flexibility index (Phi) is 5.54. The van der Waals surface area contributed by atoms with Gasteiger partial charge < -0.3 is 9.47 Å². The van der Waals surface area contributed by atoms with Gasteiger partial charge in [-0.25, -0.2) is 0 Å². The van der Waals surface area contributed by atoms with Gasteiger partial charge in [-0.2, -0.15) is 0 Å². The third kappa shape index (κ3) is 4.00. The van der Waals surface area contributed by atoms with Crippen molar-refractivity contribution in [3.8, 4) is 5.75 Å². The van der Waals surface area contributed by atoms with Gasteiger partial charge in [-0.05, 0) is 37.6 Å². The van der Waals surface area contributed by atoms with Gasteiger partial charge in [0.15, 0.2) is 0 Å². The molecule has 0 aliphatic carbocycles. The van der Waals surface area contributed by atoms with Crippen LogP contribution in [-0.2, 0) is 16.1 Å². The lowest BCUT2D eigenvalue weighted by molar-refractivity contribution is -0.145. The molecule has 1 aliphatic rings. The molecule has 0 aromatic heterocycles. The summed E-state index contributed by atoms with van der Waals surface area (Å²) in [5.74, 6) is -0.337. The summed E-state index contributed by atoms with van der Waals surface area (Å²) < 4.78 is 10.6. The number of carbonyl (C=O) groups is 3. The summed E-state index contributed by atoms with van der Waals surface area (Å²) in [6.45, 7) is 2.26. The van der Waals surface area contributed by atoms with Crippen molar-refractivity contribution >= 4 is 17.8 Å². The fraction of sp³-hybridized carbons (Fsp3) is 0.286. The normalized spacial score (nSPS) is 12.9. The van der Waals surface area contributed by atoms with E-state index in [0.29, 0.717) is 23.3 Å². The maximum absolute atomic E-state index is 12.3. The molecule has 2 aromatic rings. The third-order valence-corrected chi connectivity index (χ3v) is 4.47. The van der Waals surface area contributed by atoms with Crippen LogP contribution >= 0.6 is 0 Å². The fourth-order valence-electron chi connectivity index (χ4n) is 3.07. The molecule has 2 amide bonds. The zero-order valence-electron chi connectivity index (χ0n) is 15.4. The van der Waals surface area contributed by atoms with Crippen molar-refractivity contribution in [3.05, 3.63) is 64.7 Å². The van der Waals surface area contributed by atoms with Crippen LogP contribution in [0, 0.1) is 6.92 Å². The molecule has 0 spiro atoms. The number of nitrogens with zero attached hydrogens (tertiary/aromatic N) is 1. The van der Waals surface area contributed by atoms with Gasteiger partial charge in [-0.15, -0.1) is 0 Å². The van der Waals surface area contributed by atoms with E-state index in [4.69, 9.17) is 9.47 Å². The van der Waals surface area contributed by atoms with Gasteiger partial charge in [0.2, 0.25) is 0 Å². The average Bonchev–Trinajstić information content (AvgIpc) is 2.91. The van der Waals surface area contributed by atoms with Crippen molar-refractivity contribution in [2.45, 2.75) is 26.4 Å². The van der Waals surface area contributed by atoms with Crippen LogP contribution in [0.1, 0.15) is 44.7 Å². The van der Waals surface area contributed by atoms with Crippen LogP contribution in [0.4, 0.5) is 0 Å². The molecule has 0 atom stereocenters. The zero-order valence-corrected chi connectivity index (χ0v) is 15.4. The highest BCUT2D eigenvalue weighted by molar-refractivity contribution is 6.21. The monoisotopic (exact) mass is 367 g/mol. The number of aryl methyl sites for hydroxylation is 1. The quantitative estimate of drug-likeness (QED) is 0.555. The minimum absolute atomic E-state index is 0.122. The van der Waals surface area contributed by atoms with E-state index in [1.165, 1.54) is 4.90 Å². The van der Waals surface area contributed by atoms with Crippen LogP contribution in [0.25, 0.3) is 0 Å². The average molecular weight is 367 g/mol. The fourth-order valence-corrected chi connectivity index (χ4v) is 3.07. The number of rotatable bonds is 7. The second-order valence-corrected chi connectivity index (χ2v) is 6.39. The maximum Gasteiger partial charge on any atom is 0.306 e. The number of methoxy groups -OCH3 is 1. The van der Waals surface area contributed by atoms with Crippen LogP contribution in [0.15, 0.2) is 42.5 Å². The molecule has 0 unspecified atom stereocenters. The van der Waals surface area contributed by atoms with E-state index in [-0.39, 0.29) is 37.4 Å². The van der Waals surface area contributed by atoms with Crippen LogP contribution in [0.3, 0.4) is 0 Å². The Bertz CT molecular complexity index is 855. The first kappa shape index (κ1) is 18.6. The minimum atomic E-state index is -0.379. The number of amides is 2. The second-order valence-electron chi connectivity index (χ2n) is 6.39. The van der Waals surface area contributed by atoms with Gasteiger partial charge >= 0.3 is 5.97 Å². The number of hydrogen-bond donors (Lipinski definition) is 0. The number of benzene rings is 2. The van der Waals surface area contributed by atoms with Gasteiger partial charge in [-0.1, -0.05) is 23.8 Å². The summed E-state index contributed by atoms with van der Waals surface area (Å²) in [4.78, 5) is 37.7. The number of esters is 1. The molecule has 2 aromatic carbocycles. The highest BCUT2D eigenvalue weighted by Crippen LogP contribution is 2.23. The predicted octanol–water partition coefficient (Wildman–Crippen LogP) is 3.12. The van der Waals surface area contributed by atoms with Crippen molar-refractivity contribution in [3.63, 3.8) is 0 Å². The van der Waals surface area contributed by atoms with E-state index in [1.807, 2.05) is 25.1 Å². The van der Waals surface area contributed by atoms with E-state index in [0.717, 1.165) is 11.1 Å². The van der Waals surface area contributed by atoms with Crippen LogP contribution in [0.2, 0.25) is 0 Å². The van der Waals surface area contributed by atoms with Crippen molar-refractivity contribution in [1.82, 2.24) is 4.90 Å². The first-order valence-electron chi connectivity index (χ1n) is 8.75. The van der Waals surface area contributed by atoms with Crippen molar-refractivity contribution in [2.24, 2.45) is 0 Å². The van der Waals surface area contributed by atoms with Crippen molar-refractivity contribution in [1.29, 1.82) is 0 Å². The van der Waals surface area contributed by atoms with Gasteiger partial charge in [0, 0.05) is 18.5 Å². The molecule has 0 radical (unpaired) electrons. The Balaban J connectivity index is 1.49. The van der Waals surface area contributed by atoms with Gasteiger partial charge in [0.05, 0.1) is 18.2 Å². The van der Waals surface area contributed by atoms with Gasteiger partial charge in [-0.3, -0.25) is 19.3 Å². The van der Waals surface area contributed by atoms with E-state index in [9.17, 15) is 14.4 Å². The maximum atomic E-state index is 12.3. The minimum Gasteiger partial charge on any atom is -0.496 e. The lowest BCUT2D eigenvalue weighted by atomic mass is 10.1. The standard InChI is InChI=1S/C21H21NO5/c1-14-9-10-18(26-2)15(12-14)13-27-19(23)8-5-11-22-20(24)16-6-3-4-7-17(16)21(22)25/h3-4,6-7,9-10,12H,5,8,11,13H2,1-2H3. The van der Waals surface area contributed by atoms with Crippen molar-refractivity contribution in [2.75, 3.05) is 13.7 Å². The molecule has 1 heterocycles. The number of carbonyl (C=O) groups excluding carboxylic acids is 3. The Hall–Kier alpha value is -3.15. The molecule has 140 valence electrons. The molecule has 0 bridgehead atoms.